The molecule has 0 bridgehead atoms. The fourth-order valence-electron chi connectivity index (χ4n) is 2.85. The summed E-state index contributed by atoms with van der Waals surface area (Å²) in [6, 6.07) is 6.15. The van der Waals surface area contributed by atoms with E-state index < -0.39 is 53.7 Å². The van der Waals surface area contributed by atoms with Crippen molar-refractivity contribution in [2.45, 2.75) is 30.7 Å². The maximum absolute atomic E-state index is 14.0. The van der Waals surface area contributed by atoms with Crippen LogP contribution in [0.15, 0.2) is 43.0 Å². The minimum atomic E-state index is -5.21. The number of esters is 3. The van der Waals surface area contributed by atoms with Crippen LogP contribution in [-0.4, -0.2) is 51.5 Å². The van der Waals surface area contributed by atoms with E-state index in [0.29, 0.717) is 7.11 Å². The van der Waals surface area contributed by atoms with E-state index in [1.807, 2.05) is 0 Å². The van der Waals surface area contributed by atoms with Crippen LogP contribution in [0.3, 0.4) is 0 Å². The molecular weight excluding hydrogens is 409 g/mol. The van der Waals surface area contributed by atoms with Gasteiger partial charge in [0, 0.05) is 12.7 Å². The molecule has 166 valence electrons. The number of hydrogen-bond acceptors (Lipinski definition) is 7. The van der Waals surface area contributed by atoms with Crippen LogP contribution in [-0.2, 0) is 38.9 Å². The summed E-state index contributed by atoms with van der Waals surface area (Å²) in [5.41, 5.74) is -4.00. The topological polar surface area (TPSA) is 88.1 Å². The molecule has 0 N–H and O–H groups in total. The maximum Gasteiger partial charge on any atom is 0.432 e. The summed E-state index contributed by atoms with van der Waals surface area (Å²) in [5, 5.41) is 0. The van der Waals surface area contributed by atoms with Crippen molar-refractivity contribution in [3.05, 3.63) is 48.6 Å². The van der Waals surface area contributed by atoms with E-state index in [2.05, 4.69) is 20.8 Å². The summed E-state index contributed by atoms with van der Waals surface area (Å²) in [6.07, 6.45) is -6.35. The first-order chi connectivity index (χ1) is 14.1. The number of halogens is 3. The van der Waals surface area contributed by atoms with E-state index in [4.69, 9.17) is 4.74 Å². The second-order valence-electron chi connectivity index (χ2n) is 6.13. The van der Waals surface area contributed by atoms with E-state index in [1.54, 1.807) is 0 Å². The molecule has 1 aromatic rings. The predicted molar refractivity (Wildman–Crippen MR) is 98.0 cm³/mol. The highest BCUT2D eigenvalue weighted by Crippen LogP contribution is 2.43. The van der Waals surface area contributed by atoms with E-state index in [-0.39, 0.29) is 6.42 Å². The standard InChI is InChI=1S/C20H23F3O7/c1-5-9-14(17(25)28-3)15(12-16(24)27-2)30-18(26)19(29-4,20(21,22)23)13-10-7-6-8-11-13/h5-8,10-11,14-15H,1,9,12H2,2-4H3/t14-,15-,19?/m0/s1. The zero-order valence-electron chi connectivity index (χ0n) is 16.7. The number of carbonyl (C=O) groups excluding carboxylic acids is 3. The lowest BCUT2D eigenvalue weighted by Crippen LogP contribution is -2.53. The molecule has 0 radical (unpaired) electrons. The fourth-order valence-corrected chi connectivity index (χ4v) is 2.85. The highest BCUT2D eigenvalue weighted by atomic mass is 19.4. The summed E-state index contributed by atoms with van der Waals surface area (Å²) in [4.78, 5) is 36.7. The molecule has 0 aliphatic carbocycles. The van der Waals surface area contributed by atoms with Crippen molar-refractivity contribution in [2.24, 2.45) is 5.92 Å². The van der Waals surface area contributed by atoms with E-state index in [9.17, 15) is 27.6 Å². The van der Waals surface area contributed by atoms with Crippen molar-refractivity contribution in [2.75, 3.05) is 21.3 Å². The lowest BCUT2D eigenvalue weighted by Gasteiger charge is -2.34. The van der Waals surface area contributed by atoms with Crippen LogP contribution in [0.1, 0.15) is 18.4 Å². The summed E-state index contributed by atoms with van der Waals surface area (Å²) in [7, 11) is 2.80. The first-order valence-electron chi connectivity index (χ1n) is 8.73. The molecule has 7 nitrogen and oxygen atoms in total. The highest BCUT2D eigenvalue weighted by Gasteiger charge is 2.64. The van der Waals surface area contributed by atoms with Crippen molar-refractivity contribution in [3.63, 3.8) is 0 Å². The molecule has 0 heterocycles. The number of hydrogen-bond donors (Lipinski definition) is 0. The Morgan fingerprint density at radius 3 is 2.10 bits per heavy atom. The SMILES string of the molecule is C=CC[C@H](C(=O)OC)[C@H](CC(=O)OC)OC(=O)C(OC)(c1ccccc1)C(F)(F)F. The molecule has 0 fully saturated rings. The van der Waals surface area contributed by atoms with Crippen molar-refractivity contribution in [1.29, 1.82) is 0 Å². The smallest absolute Gasteiger partial charge is 0.432 e. The minimum Gasteiger partial charge on any atom is -0.469 e. The molecule has 0 spiro atoms. The van der Waals surface area contributed by atoms with Crippen LogP contribution in [0.2, 0.25) is 0 Å². The summed E-state index contributed by atoms with van der Waals surface area (Å²) < 4.78 is 61.0. The number of ether oxygens (including phenoxy) is 4. The van der Waals surface area contributed by atoms with Gasteiger partial charge in [0.05, 0.1) is 26.6 Å². The number of benzene rings is 1. The molecule has 0 amide bonds. The van der Waals surface area contributed by atoms with E-state index >= 15 is 0 Å². The molecule has 1 unspecified atom stereocenters. The van der Waals surface area contributed by atoms with Crippen LogP contribution >= 0.6 is 0 Å². The first kappa shape index (κ1) is 25.2. The number of rotatable bonds is 10. The molecule has 30 heavy (non-hydrogen) atoms. The molecule has 0 saturated carbocycles. The average Bonchev–Trinajstić information content (AvgIpc) is 2.71. The van der Waals surface area contributed by atoms with Gasteiger partial charge in [0.2, 0.25) is 0 Å². The average molecular weight is 432 g/mol. The second-order valence-corrected chi connectivity index (χ2v) is 6.13. The minimum absolute atomic E-state index is 0.126. The van der Waals surface area contributed by atoms with Gasteiger partial charge in [0.25, 0.3) is 5.60 Å². The summed E-state index contributed by atoms with van der Waals surface area (Å²) >= 11 is 0. The van der Waals surface area contributed by atoms with E-state index in [1.165, 1.54) is 24.3 Å². The van der Waals surface area contributed by atoms with Gasteiger partial charge < -0.3 is 18.9 Å². The fraction of sp³-hybridized carbons (Fsp3) is 0.450. The summed E-state index contributed by atoms with van der Waals surface area (Å²) in [5.74, 6) is -4.92. The Hall–Kier alpha value is -2.88. The van der Waals surface area contributed by atoms with Gasteiger partial charge in [-0.05, 0) is 6.42 Å². The molecule has 0 aliphatic rings. The first-order valence-corrected chi connectivity index (χ1v) is 8.73. The zero-order chi connectivity index (χ0) is 22.9. The van der Waals surface area contributed by atoms with Gasteiger partial charge in [-0.2, -0.15) is 13.2 Å². The monoisotopic (exact) mass is 432 g/mol. The van der Waals surface area contributed by atoms with Gasteiger partial charge >= 0.3 is 24.1 Å². The van der Waals surface area contributed by atoms with Crippen molar-refractivity contribution in [1.82, 2.24) is 0 Å². The molecule has 0 aromatic heterocycles. The lowest BCUT2D eigenvalue weighted by molar-refractivity contribution is -0.278. The quantitative estimate of drug-likeness (QED) is 0.319. The molecule has 1 aromatic carbocycles. The number of carbonyl (C=O) groups is 3. The van der Waals surface area contributed by atoms with Gasteiger partial charge in [0.1, 0.15) is 6.10 Å². The van der Waals surface area contributed by atoms with Gasteiger partial charge in [-0.25, -0.2) is 4.79 Å². The maximum atomic E-state index is 14.0. The molecule has 0 saturated heterocycles. The Morgan fingerprint density at radius 1 is 1.07 bits per heavy atom. The molecular formula is C20H23F3O7. The van der Waals surface area contributed by atoms with Crippen molar-refractivity contribution >= 4 is 17.9 Å². The van der Waals surface area contributed by atoms with Crippen LogP contribution < -0.4 is 0 Å². The normalized spacial score (nSPS) is 15.3. The van der Waals surface area contributed by atoms with Gasteiger partial charge in [-0.1, -0.05) is 36.4 Å². The largest absolute Gasteiger partial charge is 0.469 e. The Balaban J connectivity index is 3.46. The zero-order valence-corrected chi connectivity index (χ0v) is 16.7. The van der Waals surface area contributed by atoms with Crippen molar-refractivity contribution in [3.8, 4) is 0 Å². The number of allylic oxidation sites excluding steroid dienone is 1. The Morgan fingerprint density at radius 2 is 1.67 bits per heavy atom. The third kappa shape index (κ3) is 5.38. The Kier molecular flexibility index (Phi) is 9.03. The molecule has 3 atom stereocenters. The van der Waals surface area contributed by atoms with Crippen LogP contribution in [0.5, 0.6) is 0 Å². The van der Waals surface area contributed by atoms with Gasteiger partial charge in [0.15, 0.2) is 0 Å². The third-order valence-corrected chi connectivity index (χ3v) is 4.40. The van der Waals surface area contributed by atoms with E-state index in [0.717, 1.165) is 26.4 Å². The van der Waals surface area contributed by atoms with Crippen molar-refractivity contribution < 1.29 is 46.5 Å². The number of alkyl halides is 3. The Labute approximate surface area is 171 Å². The van der Waals surface area contributed by atoms with Gasteiger partial charge in [-0.3, -0.25) is 9.59 Å². The van der Waals surface area contributed by atoms with Crippen LogP contribution in [0.4, 0.5) is 13.2 Å². The third-order valence-electron chi connectivity index (χ3n) is 4.40. The van der Waals surface area contributed by atoms with Crippen LogP contribution in [0, 0.1) is 5.92 Å². The van der Waals surface area contributed by atoms with Crippen LogP contribution in [0.25, 0.3) is 0 Å². The molecule has 10 heteroatoms. The second kappa shape index (κ2) is 10.8. The predicted octanol–water partition coefficient (Wildman–Crippen LogP) is 2.93. The summed E-state index contributed by atoms with van der Waals surface area (Å²) in [6.45, 7) is 3.46. The number of methoxy groups -OCH3 is 3. The molecule has 1 rings (SSSR count). The Bertz CT molecular complexity index is 749. The lowest BCUT2D eigenvalue weighted by atomic mass is 9.91. The molecule has 0 aliphatic heterocycles. The highest BCUT2D eigenvalue weighted by molar-refractivity contribution is 5.84. The van der Waals surface area contributed by atoms with Gasteiger partial charge in [-0.15, -0.1) is 6.58 Å².